The van der Waals surface area contributed by atoms with Gasteiger partial charge in [-0.1, -0.05) is 20.3 Å². The predicted molar refractivity (Wildman–Crippen MR) is 48.8 cm³/mol. The molecule has 0 aliphatic heterocycles. The zero-order valence-corrected chi connectivity index (χ0v) is 7.05. The van der Waals surface area contributed by atoms with Gasteiger partial charge in [-0.05, 0) is 12.8 Å². The van der Waals surface area contributed by atoms with Crippen LogP contribution < -0.4 is 0 Å². The topological polar surface area (TPSA) is 37.3 Å². The summed E-state index contributed by atoms with van der Waals surface area (Å²) < 4.78 is 10.5. The first-order valence-electron chi connectivity index (χ1n) is 3.45. The normalized spacial score (nSPS) is 15.5. The Bertz CT molecular complexity index is 97.7. The van der Waals surface area contributed by atoms with Crippen molar-refractivity contribution in [1.82, 2.24) is 0 Å². The van der Waals surface area contributed by atoms with Gasteiger partial charge in [-0.15, -0.1) is 0 Å². The van der Waals surface area contributed by atoms with E-state index in [0.29, 0.717) is 0 Å². The van der Waals surface area contributed by atoms with E-state index in [9.17, 15) is 4.57 Å². The van der Waals surface area contributed by atoms with Gasteiger partial charge in [0.2, 0.25) is 0 Å². The largest absolute Gasteiger partial charge is 0.346 e. The van der Waals surface area contributed by atoms with E-state index < -0.39 is 8.03 Å². The summed E-state index contributed by atoms with van der Waals surface area (Å²) in [4.78, 5) is 8.69. The molecule has 1 N–H and O–H groups in total. The number of rotatable bonds is 4. The third-order valence-corrected chi connectivity index (χ3v) is 2.87. The van der Waals surface area contributed by atoms with Crippen molar-refractivity contribution in [3.8, 4) is 0 Å². The minimum atomic E-state index is -2.24. The molecule has 0 saturated carbocycles. The van der Waals surface area contributed by atoms with Gasteiger partial charge in [-0.25, -0.2) is 0 Å². The molecular weight excluding hydrogens is 159 g/mol. The number of hydrogen-bond donors (Lipinski definition) is 1. The van der Waals surface area contributed by atoms with Crippen molar-refractivity contribution in [1.29, 1.82) is 0 Å². The van der Waals surface area contributed by atoms with Gasteiger partial charge in [0.25, 0.3) is 0 Å². The van der Waals surface area contributed by atoms with Gasteiger partial charge in [0.1, 0.15) is 0 Å². The lowest BCUT2D eigenvalue weighted by atomic mass is 10.2. The van der Waals surface area contributed by atoms with Crippen molar-refractivity contribution in [2.24, 2.45) is 0 Å². The first-order chi connectivity index (χ1) is 4.22. The van der Waals surface area contributed by atoms with Gasteiger partial charge in [0, 0.05) is 5.66 Å². The molecule has 0 radical (unpaired) electrons. The Hall–Kier alpha value is 0.956. The van der Waals surface area contributed by atoms with Gasteiger partial charge in [0.05, 0.1) is 0 Å². The maximum absolute atomic E-state index is 10.5. The fourth-order valence-electron chi connectivity index (χ4n) is 0.851. The van der Waals surface area contributed by atoms with Crippen molar-refractivity contribution in [3.63, 3.8) is 0 Å². The highest BCUT2D eigenvalue weighted by molar-refractivity contribution is 7.38. The minimum Gasteiger partial charge on any atom is -0.346 e. The SMILES string of the molecule is CCCC(CC)[PH](=O)O.[MgH2]. The Balaban J connectivity index is 0. The highest BCUT2D eigenvalue weighted by Gasteiger charge is 2.08. The lowest BCUT2D eigenvalue weighted by Crippen LogP contribution is -1.98. The number of hydrogen-bond acceptors (Lipinski definition) is 1. The zero-order valence-electron chi connectivity index (χ0n) is 6.05. The van der Waals surface area contributed by atoms with Gasteiger partial charge in [0.15, 0.2) is 8.03 Å². The third-order valence-electron chi connectivity index (χ3n) is 1.48. The molecule has 0 fully saturated rings. The molecule has 10 heavy (non-hydrogen) atoms. The lowest BCUT2D eigenvalue weighted by Gasteiger charge is -2.07. The van der Waals surface area contributed by atoms with Gasteiger partial charge in [-0.3, -0.25) is 4.57 Å². The molecule has 2 atom stereocenters. The highest BCUT2D eigenvalue weighted by Crippen LogP contribution is 2.28. The smallest absolute Gasteiger partial charge is 0.316 e. The van der Waals surface area contributed by atoms with Crippen LogP contribution in [0.4, 0.5) is 0 Å². The van der Waals surface area contributed by atoms with Crippen LogP contribution in [0.25, 0.3) is 0 Å². The average Bonchev–Trinajstić information content (AvgIpc) is 1.82. The molecule has 0 aliphatic carbocycles. The summed E-state index contributed by atoms with van der Waals surface area (Å²) >= 11 is 0. The van der Waals surface area contributed by atoms with E-state index in [1.165, 1.54) is 0 Å². The van der Waals surface area contributed by atoms with E-state index in [-0.39, 0.29) is 28.7 Å². The quantitative estimate of drug-likeness (QED) is 0.515. The van der Waals surface area contributed by atoms with E-state index in [4.69, 9.17) is 4.89 Å². The average molecular weight is 176 g/mol. The molecule has 2 unspecified atom stereocenters. The minimum absolute atomic E-state index is 0. The van der Waals surface area contributed by atoms with Crippen LogP contribution in [0.2, 0.25) is 0 Å². The maximum Gasteiger partial charge on any atom is 0.316 e. The molecule has 0 aromatic heterocycles. The van der Waals surface area contributed by atoms with E-state index in [0.717, 1.165) is 19.3 Å². The summed E-state index contributed by atoms with van der Waals surface area (Å²) in [6.45, 7) is 3.99. The Morgan fingerprint density at radius 3 is 2.10 bits per heavy atom. The molecule has 0 aromatic carbocycles. The van der Waals surface area contributed by atoms with Gasteiger partial charge < -0.3 is 4.89 Å². The van der Waals surface area contributed by atoms with Crippen LogP contribution in [-0.2, 0) is 4.57 Å². The molecule has 0 heterocycles. The van der Waals surface area contributed by atoms with Gasteiger partial charge >= 0.3 is 23.1 Å². The summed E-state index contributed by atoms with van der Waals surface area (Å²) in [5.41, 5.74) is 0.0694. The van der Waals surface area contributed by atoms with E-state index in [2.05, 4.69) is 0 Å². The lowest BCUT2D eigenvalue weighted by molar-refractivity contribution is 0.479. The van der Waals surface area contributed by atoms with E-state index >= 15 is 0 Å². The molecule has 0 amide bonds. The summed E-state index contributed by atoms with van der Waals surface area (Å²) in [6.07, 6.45) is 2.74. The second-order valence-electron chi connectivity index (χ2n) is 2.23. The molecule has 4 heteroatoms. The first kappa shape index (κ1) is 13.5. The molecule has 0 spiro atoms. The van der Waals surface area contributed by atoms with Crippen LogP contribution in [0.5, 0.6) is 0 Å². The van der Waals surface area contributed by atoms with Crippen LogP contribution in [0, 0.1) is 0 Å². The summed E-state index contributed by atoms with van der Waals surface area (Å²) in [7, 11) is -2.24. The van der Waals surface area contributed by atoms with Crippen LogP contribution in [0.15, 0.2) is 0 Å². The van der Waals surface area contributed by atoms with Crippen LogP contribution in [0.3, 0.4) is 0 Å². The molecule has 0 rings (SSSR count). The van der Waals surface area contributed by atoms with Crippen LogP contribution >= 0.6 is 8.03 Å². The third kappa shape index (κ3) is 5.72. The van der Waals surface area contributed by atoms with Crippen LogP contribution in [-0.4, -0.2) is 33.6 Å². The van der Waals surface area contributed by atoms with Gasteiger partial charge in [-0.2, -0.15) is 0 Å². The van der Waals surface area contributed by atoms with E-state index in [1.54, 1.807) is 0 Å². The van der Waals surface area contributed by atoms with Crippen LogP contribution in [0.1, 0.15) is 33.1 Å². The highest BCUT2D eigenvalue weighted by atomic mass is 31.1. The molecular formula is C6H17MgO2P. The monoisotopic (exact) mass is 176 g/mol. The first-order valence-corrected chi connectivity index (χ1v) is 4.88. The Morgan fingerprint density at radius 2 is 2.00 bits per heavy atom. The summed E-state index contributed by atoms with van der Waals surface area (Å²) in [6, 6.07) is 0. The summed E-state index contributed by atoms with van der Waals surface area (Å²) in [5, 5.41) is 0. The Kier molecular flexibility index (Phi) is 10.9. The van der Waals surface area contributed by atoms with Crippen molar-refractivity contribution in [2.75, 3.05) is 0 Å². The molecule has 0 saturated heterocycles. The Labute approximate surface area is 79.4 Å². The second kappa shape index (κ2) is 8.06. The van der Waals surface area contributed by atoms with Crippen molar-refractivity contribution in [3.05, 3.63) is 0 Å². The zero-order chi connectivity index (χ0) is 7.28. The molecule has 0 bridgehead atoms. The molecule has 60 valence electrons. The maximum atomic E-state index is 10.5. The summed E-state index contributed by atoms with van der Waals surface area (Å²) in [5.74, 6) is 0. The fourth-order valence-corrected chi connectivity index (χ4v) is 1.74. The van der Waals surface area contributed by atoms with Crippen molar-refractivity contribution < 1.29 is 9.46 Å². The Morgan fingerprint density at radius 1 is 1.50 bits per heavy atom. The fraction of sp³-hybridized carbons (Fsp3) is 1.00. The standard InChI is InChI=1S/C6H15O2P.Mg.2H/c1-3-5-6(4-2)9(7)8;;;/h6,9H,3-5H2,1-2H3,(H,7,8);;;. The molecule has 0 aliphatic rings. The predicted octanol–water partition coefficient (Wildman–Crippen LogP) is 1.12. The van der Waals surface area contributed by atoms with Crippen molar-refractivity contribution >= 4 is 31.1 Å². The molecule has 2 nitrogen and oxygen atoms in total. The molecule has 0 aromatic rings. The second-order valence-corrected chi connectivity index (χ2v) is 3.73. The van der Waals surface area contributed by atoms with Crippen molar-refractivity contribution in [2.45, 2.75) is 38.8 Å². The van der Waals surface area contributed by atoms with E-state index in [1.807, 2.05) is 13.8 Å².